The summed E-state index contributed by atoms with van der Waals surface area (Å²) in [6.07, 6.45) is 0. The SMILES string of the molecule is Cc1ccc(OC(=O)C(C)C)c(C(C)(C)C)c1. The Hall–Kier alpha value is -1.31. The Kier molecular flexibility index (Phi) is 3.97. The average Bonchev–Trinajstić information content (AvgIpc) is 2.18. The zero-order valence-electron chi connectivity index (χ0n) is 11.6. The molecule has 17 heavy (non-hydrogen) atoms. The Morgan fingerprint density at radius 1 is 1.24 bits per heavy atom. The summed E-state index contributed by atoms with van der Waals surface area (Å²) in [4.78, 5) is 11.7. The van der Waals surface area contributed by atoms with Crippen molar-refractivity contribution in [1.29, 1.82) is 0 Å². The molecule has 0 aliphatic heterocycles. The van der Waals surface area contributed by atoms with Crippen LogP contribution >= 0.6 is 0 Å². The van der Waals surface area contributed by atoms with E-state index in [1.165, 1.54) is 5.56 Å². The average molecular weight is 234 g/mol. The molecule has 0 amide bonds. The van der Waals surface area contributed by atoms with E-state index in [4.69, 9.17) is 4.74 Å². The number of benzene rings is 1. The van der Waals surface area contributed by atoms with Gasteiger partial charge in [-0.3, -0.25) is 4.79 Å². The quantitative estimate of drug-likeness (QED) is 0.574. The van der Waals surface area contributed by atoms with Gasteiger partial charge in [0.15, 0.2) is 0 Å². The molecule has 2 heteroatoms. The molecule has 0 unspecified atom stereocenters. The largest absolute Gasteiger partial charge is 0.426 e. The molecule has 0 atom stereocenters. The number of esters is 1. The van der Waals surface area contributed by atoms with Gasteiger partial charge in [-0.25, -0.2) is 0 Å². The molecule has 1 rings (SSSR count). The summed E-state index contributed by atoms with van der Waals surface area (Å²) in [5.41, 5.74) is 2.23. The van der Waals surface area contributed by atoms with Gasteiger partial charge in [-0.1, -0.05) is 52.3 Å². The second kappa shape index (κ2) is 4.91. The molecule has 0 spiro atoms. The van der Waals surface area contributed by atoms with E-state index in [9.17, 15) is 4.79 Å². The molecular formula is C15H22O2. The molecule has 0 N–H and O–H groups in total. The fraction of sp³-hybridized carbons (Fsp3) is 0.533. The Bertz CT molecular complexity index is 411. The lowest BCUT2D eigenvalue weighted by Crippen LogP contribution is -2.19. The highest BCUT2D eigenvalue weighted by Gasteiger charge is 2.21. The van der Waals surface area contributed by atoms with Crippen molar-refractivity contribution in [1.82, 2.24) is 0 Å². The van der Waals surface area contributed by atoms with Crippen molar-refractivity contribution in [3.63, 3.8) is 0 Å². The number of hydrogen-bond donors (Lipinski definition) is 0. The molecule has 0 aliphatic carbocycles. The molecular weight excluding hydrogens is 212 g/mol. The molecule has 0 aliphatic rings. The number of aryl methyl sites for hydroxylation is 1. The van der Waals surface area contributed by atoms with E-state index < -0.39 is 0 Å². The van der Waals surface area contributed by atoms with Crippen molar-refractivity contribution in [2.45, 2.75) is 47.0 Å². The first kappa shape index (κ1) is 13.8. The third-order valence-corrected chi connectivity index (χ3v) is 2.63. The molecule has 0 saturated carbocycles. The predicted octanol–water partition coefficient (Wildman–Crippen LogP) is 3.85. The van der Waals surface area contributed by atoms with E-state index in [2.05, 4.69) is 26.8 Å². The maximum Gasteiger partial charge on any atom is 0.313 e. The van der Waals surface area contributed by atoms with Crippen molar-refractivity contribution in [3.05, 3.63) is 29.3 Å². The van der Waals surface area contributed by atoms with Gasteiger partial charge >= 0.3 is 5.97 Å². The summed E-state index contributed by atoms with van der Waals surface area (Å²) < 4.78 is 5.45. The van der Waals surface area contributed by atoms with Crippen molar-refractivity contribution < 1.29 is 9.53 Å². The summed E-state index contributed by atoms with van der Waals surface area (Å²) >= 11 is 0. The van der Waals surface area contributed by atoms with Crippen LogP contribution in [0.1, 0.15) is 45.7 Å². The fourth-order valence-electron chi connectivity index (χ4n) is 1.55. The molecule has 0 fully saturated rings. The molecule has 0 heterocycles. The number of hydrogen-bond acceptors (Lipinski definition) is 2. The second-order valence-corrected chi connectivity index (χ2v) is 5.83. The van der Waals surface area contributed by atoms with Gasteiger partial charge in [0.25, 0.3) is 0 Å². The zero-order chi connectivity index (χ0) is 13.2. The third kappa shape index (κ3) is 3.58. The minimum atomic E-state index is -0.181. The van der Waals surface area contributed by atoms with E-state index in [1.54, 1.807) is 0 Å². The van der Waals surface area contributed by atoms with E-state index in [0.717, 1.165) is 5.56 Å². The summed E-state index contributed by atoms with van der Waals surface area (Å²) in [5.74, 6) is 0.394. The van der Waals surface area contributed by atoms with Crippen molar-refractivity contribution in [2.24, 2.45) is 5.92 Å². The van der Waals surface area contributed by atoms with Gasteiger partial charge in [0.2, 0.25) is 0 Å². The fourth-order valence-corrected chi connectivity index (χ4v) is 1.55. The highest BCUT2D eigenvalue weighted by Crippen LogP contribution is 2.32. The number of carbonyl (C=O) groups excluding carboxylic acids is 1. The third-order valence-electron chi connectivity index (χ3n) is 2.63. The molecule has 1 aromatic rings. The first-order chi connectivity index (χ1) is 7.71. The molecule has 2 nitrogen and oxygen atoms in total. The molecule has 94 valence electrons. The normalized spacial score (nSPS) is 11.7. The highest BCUT2D eigenvalue weighted by atomic mass is 16.5. The van der Waals surface area contributed by atoms with Crippen LogP contribution in [0.25, 0.3) is 0 Å². The highest BCUT2D eigenvalue weighted by molar-refractivity contribution is 5.74. The van der Waals surface area contributed by atoms with Crippen molar-refractivity contribution in [3.8, 4) is 5.75 Å². The monoisotopic (exact) mass is 234 g/mol. The topological polar surface area (TPSA) is 26.3 Å². The summed E-state index contributed by atoms with van der Waals surface area (Å²) in [6, 6.07) is 5.94. The second-order valence-electron chi connectivity index (χ2n) is 5.83. The van der Waals surface area contributed by atoms with E-state index in [1.807, 2.05) is 32.9 Å². The summed E-state index contributed by atoms with van der Waals surface area (Å²) in [7, 11) is 0. The van der Waals surface area contributed by atoms with Crippen LogP contribution in [-0.4, -0.2) is 5.97 Å². The minimum absolute atomic E-state index is 0.0292. The standard InChI is InChI=1S/C15H22O2/c1-10(2)14(16)17-13-8-7-11(3)9-12(13)15(4,5)6/h7-10H,1-6H3. The Labute approximate surface area is 104 Å². The van der Waals surface area contributed by atoms with Gasteiger partial charge < -0.3 is 4.74 Å². The Morgan fingerprint density at radius 2 is 1.82 bits per heavy atom. The Morgan fingerprint density at radius 3 is 2.29 bits per heavy atom. The number of rotatable bonds is 2. The minimum Gasteiger partial charge on any atom is -0.426 e. The summed E-state index contributed by atoms with van der Waals surface area (Å²) in [6.45, 7) is 12.1. The van der Waals surface area contributed by atoms with Gasteiger partial charge in [-0.2, -0.15) is 0 Å². The lowest BCUT2D eigenvalue weighted by Gasteiger charge is -2.23. The van der Waals surface area contributed by atoms with Crippen LogP contribution in [0.3, 0.4) is 0 Å². The molecule has 0 radical (unpaired) electrons. The van der Waals surface area contributed by atoms with Gasteiger partial charge in [-0.15, -0.1) is 0 Å². The van der Waals surface area contributed by atoms with Gasteiger partial charge in [-0.05, 0) is 18.4 Å². The van der Waals surface area contributed by atoms with Crippen LogP contribution in [-0.2, 0) is 10.2 Å². The first-order valence-corrected chi connectivity index (χ1v) is 6.04. The molecule has 0 bridgehead atoms. The van der Waals surface area contributed by atoms with Crippen LogP contribution in [0, 0.1) is 12.8 Å². The lowest BCUT2D eigenvalue weighted by atomic mass is 9.85. The zero-order valence-corrected chi connectivity index (χ0v) is 11.6. The first-order valence-electron chi connectivity index (χ1n) is 6.04. The van der Waals surface area contributed by atoms with Gasteiger partial charge in [0.1, 0.15) is 5.75 Å². The van der Waals surface area contributed by atoms with E-state index >= 15 is 0 Å². The van der Waals surface area contributed by atoms with Crippen LogP contribution < -0.4 is 4.74 Å². The maximum absolute atomic E-state index is 11.7. The van der Waals surface area contributed by atoms with E-state index in [0.29, 0.717) is 5.75 Å². The van der Waals surface area contributed by atoms with Gasteiger partial charge in [0, 0.05) is 5.56 Å². The number of ether oxygens (including phenoxy) is 1. The van der Waals surface area contributed by atoms with Crippen LogP contribution in [0.5, 0.6) is 5.75 Å². The molecule has 1 aromatic carbocycles. The van der Waals surface area contributed by atoms with Gasteiger partial charge in [0.05, 0.1) is 5.92 Å². The summed E-state index contributed by atoms with van der Waals surface area (Å²) in [5, 5.41) is 0. The number of carbonyl (C=O) groups is 1. The Balaban J connectivity index is 3.12. The maximum atomic E-state index is 11.7. The van der Waals surface area contributed by atoms with Crippen LogP contribution in [0.2, 0.25) is 0 Å². The molecule has 0 saturated heterocycles. The lowest BCUT2D eigenvalue weighted by molar-refractivity contribution is -0.137. The van der Waals surface area contributed by atoms with Crippen LogP contribution in [0.15, 0.2) is 18.2 Å². The molecule has 0 aromatic heterocycles. The van der Waals surface area contributed by atoms with Crippen molar-refractivity contribution >= 4 is 5.97 Å². The van der Waals surface area contributed by atoms with Crippen molar-refractivity contribution in [2.75, 3.05) is 0 Å². The smallest absolute Gasteiger partial charge is 0.313 e. The van der Waals surface area contributed by atoms with E-state index in [-0.39, 0.29) is 17.3 Å². The van der Waals surface area contributed by atoms with Crippen LogP contribution in [0.4, 0.5) is 0 Å². The predicted molar refractivity (Wildman–Crippen MR) is 70.4 cm³/mol.